The average molecular weight is 147 g/mol. The largest absolute Gasteiger partial charge is 0.395 e. The minimum atomic E-state index is -0.833. The van der Waals surface area contributed by atoms with E-state index < -0.39 is 12.2 Å². The third kappa shape index (κ3) is 1.15. The van der Waals surface area contributed by atoms with E-state index in [2.05, 4.69) is 5.32 Å². The van der Waals surface area contributed by atoms with Gasteiger partial charge in [-0.05, 0) is 6.92 Å². The summed E-state index contributed by atoms with van der Waals surface area (Å²) in [5.41, 5.74) is 0. The van der Waals surface area contributed by atoms with E-state index in [0.29, 0.717) is 0 Å². The van der Waals surface area contributed by atoms with E-state index in [9.17, 15) is 0 Å². The average Bonchev–Trinajstić information content (AvgIpc) is 2.17. The van der Waals surface area contributed by atoms with Crippen molar-refractivity contribution in [3.8, 4) is 0 Å². The monoisotopic (exact) mass is 147 g/mol. The summed E-state index contributed by atoms with van der Waals surface area (Å²) < 4.78 is 0. The molecule has 60 valence electrons. The topological polar surface area (TPSA) is 72.7 Å². The van der Waals surface area contributed by atoms with Gasteiger partial charge in [-0.15, -0.1) is 0 Å². The number of hydrogen-bond acceptors (Lipinski definition) is 4. The van der Waals surface area contributed by atoms with Crippen LogP contribution in [0.2, 0.25) is 0 Å². The number of aliphatic hydroxyl groups is 3. The van der Waals surface area contributed by atoms with E-state index in [-0.39, 0.29) is 18.7 Å². The summed E-state index contributed by atoms with van der Waals surface area (Å²) in [5, 5.41) is 29.8. The first-order valence-corrected chi connectivity index (χ1v) is 3.40. The summed E-state index contributed by atoms with van der Waals surface area (Å²) in [6.45, 7) is 1.63. The van der Waals surface area contributed by atoms with E-state index in [1.54, 1.807) is 6.92 Å². The molecule has 0 aromatic carbocycles. The van der Waals surface area contributed by atoms with Crippen molar-refractivity contribution >= 4 is 0 Å². The van der Waals surface area contributed by atoms with E-state index in [0.717, 1.165) is 0 Å². The Morgan fingerprint density at radius 1 is 1.30 bits per heavy atom. The number of nitrogens with one attached hydrogen (secondary N) is 1. The SMILES string of the molecule is C[C@@H]1NC(CO)[C@H](O)C1O. The van der Waals surface area contributed by atoms with Gasteiger partial charge in [0.25, 0.3) is 0 Å². The predicted molar refractivity (Wildman–Crippen MR) is 35.5 cm³/mol. The highest BCUT2D eigenvalue weighted by molar-refractivity contribution is 4.95. The zero-order valence-electron chi connectivity index (χ0n) is 5.86. The molecule has 1 aliphatic rings. The predicted octanol–water partition coefficient (Wildman–Crippen LogP) is -1.94. The van der Waals surface area contributed by atoms with Gasteiger partial charge in [0.2, 0.25) is 0 Å². The normalized spacial score (nSPS) is 48.0. The lowest BCUT2D eigenvalue weighted by molar-refractivity contribution is 0.0214. The maximum absolute atomic E-state index is 9.16. The first-order chi connectivity index (χ1) is 4.66. The molecular weight excluding hydrogens is 134 g/mol. The van der Waals surface area contributed by atoms with Crippen LogP contribution >= 0.6 is 0 Å². The lowest BCUT2D eigenvalue weighted by Crippen LogP contribution is -2.36. The van der Waals surface area contributed by atoms with Crippen LogP contribution in [-0.2, 0) is 0 Å². The fourth-order valence-electron chi connectivity index (χ4n) is 1.23. The first kappa shape index (κ1) is 7.94. The van der Waals surface area contributed by atoms with Gasteiger partial charge in [-0.3, -0.25) is 0 Å². The Balaban J connectivity index is 2.53. The van der Waals surface area contributed by atoms with Crippen molar-refractivity contribution in [2.75, 3.05) is 6.61 Å². The van der Waals surface area contributed by atoms with Gasteiger partial charge in [0.15, 0.2) is 0 Å². The second kappa shape index (κ2) is 2.84. The molecule has 10 heavy (non-hydrogen) atoms. The van der Waals surface area contributed by atoms with Crippen LogP contribution in [0.4, 0.5) is 0 Å². The minimum Gasteiger partial charge on any atom is -0.395 e. The molecule has 0 spiro atoms. The second-order valence-corrected chi connectivity index (χ2v) is 2.73. The molecule has 1 rings (SSSR count). The van der Waals surface area contributed by atoms with E-state index in [4.69, 9.17) is 15.3 Å². The van der Waals surface area contributed by atoms with E-state index in [1.165, 1.54) is 0 Å². The summed E-state index contributed by atoms with van der Waals surface area (Å²) in [4.78, 5) is 0. The Hall–Kier alpha value is -0.160. The molecule has 0 aliphatic carbocycles. The standard InChI is InChI=1S/C6H13NO3/c1-3-5(9)6(10)4(2-8)7-3/h3-10H,2H2,1H3/t3-,4?,5?,6-/m0/s1. The van der Waals surface area contributed by atoms with Crippen LogP contribution in [0.3, 0.4) is 0 Å². The smallest absolute Gasteiger partial charge is 0.0989 e. The van der Waals surface area contributed by atoms with Crippen LogP contribution in [0, 0.1) is 0 Å². The minimum absolute atomic E-state index is 0.132. The Morgan fingerprint density at radius 3 is 2.10 bits per heavy atom. The highest BCUT2D eigenvalue weighted by atomic mass is 16.3. The van der Waals surface area contributed by atoms with Crippen molar-refractivity contribution < 1.29 is 15.3 Å². The molecule has 0 aromatic rings. The molecule has 0 saturated carbocycles. The molecule has 4 N–H and O–H groups in total. The van der Waals surface area contributed by atoms with Crippen LogP contribution in [-0.4, -0.2) is 46.2 Å². The Morgan fingerprint density at radius 2 is 1.90 bits per heavy atom. The van der Waals surface area contributed by atoms with Gasteiger partial charge in [0.05, 0.1) is 24.9 Å². The summed E-state index contributed by atoms with van der Waals surface area (Å²) in [6, 6.07) is -0.503. The fourth-order valence-corrected chi connectivity index (χ4v) is 1.23. The molecular formula is C6H13NO3. The van der Waals surface area contributed by atoms with Gasteiger partial charge >= 0.3 is 0 Å². The molecule has 4 heteroatoms. The molecule has 1 saturated heterocycles. The van der Waals surface area contributed by atoms with Crippen LogP contribution in [0.15, 0.2) is 0 Å². The lowest BCUT2D eigenvalue weighted by atomic mass is 10.1. The number of hydrogen-bond donors (Lipinski definition) is 4. The Bertz CT molecular complexity index is 120. The van der Waals surface area contributed by atoms with Crippen molar-refractivity contribution in [1.29, 1.82) is 0 Å². The zero-order valence-corrected chi connectivity index (χ0v) is 5.86. The molecule has 0 bridgehead atoms. The molecule has 0 amide bonds. The van der Waals surface area contributed by atoms with Crippen molar-refractivity contribution in [2.45, 2.75) is 31.2 Å². The van der Waals surface area contributed by atoms with Crippen LogP contribution in [0.1, 0.15) is 6.92 Å². The first-order valence-electron chi connectivity index (χ1n) is 3.40. The molecule has 4 nitrogen and oxygen atoms in total. The molecule has 1 fully saturated rings. The summed E-state index contributed by atoms with van der Waals surface area (Å²) >= 11 is 0. The Labute approximate surface area is 59.5 Å². The molecule has 1 heterocycles. The molecule has 2 unspecified atom stereocenters. The highest BCUT2D eigenvalue weighted by Gasteiger charge is 2.37. The molecule has 0 radical (unpaired) electrons. The van der Waals surface area contributed by atoms with Crippen LogP contribution < -0.4 is 5.32 Å². The van der Waals surface area contributed by atoms with Crippen LogP contribution in [0.25, 0.3) is 0 Å². The van der Waals surface area contributed by atoms with E-state index >= 15 is 0 Å². The summed E-state index contributed by atoms with van der Waals surface area (Å²) in [7, 11) is 0. The zero-order chi connectivity index (χ0) is 7.72. The summed E-state index contributed by atoms with van der Waals surface area (Å²) in [5.74, 6) is 0. The van der Waals surface area contributed by atoms with Gasteiger partial charge in [-0.25, -0.2) is 0 Å². The van der Waals surface area contributed by atoms with Gasteiger partial charge in [-0.2, -0.15) is 0 Å². The molecule has 1 aliphatic heterocycles. The van der Waals surface area contributed by atoms with Crippen molar-refractivity contribution in [3.63, 3.8) is 0 Å². The quantitative estimate of drug-likeness (QED) is 0.348. The van der Waals surface area contributed by atoms with E-state index in [1.807, 2.05) is 0 Å². The lowest BCUT2D eigenvalue weighted by Gasteiger charge is -2.11. The third-order valence-corrected chi connectivity index (χ3v) is 1.95. The van der Waals surface area contributed by atoms with Crippen LogP contribution in [0.5, 0.6) is 0 Å². The highest BCUT2D eigenvalue weighted by Crippen LogP contribution is 2.12. The number of aliphatic hydroxyl groups excluding tert-OH is 3. The summed E-state index contributed by atoms with van der Waals surface area (Å²) in [6.07, 6.45) is -1.59. The molecule has 0 aromatic heterocycles. The van der Waals surface area contributed by atoms with Crippen molar-refractivity contribution in [1.82, 2.24) is 5.32 Å². The maximum atomic E-state index is 9.16. The number of rotatable bonds is 1. The van der Waals surface area contributed by atoms with Crippen molar-refractivity contribution in [2.24, 2.45) is 0 Å². The second-order valence-electron chi connectivity index (χ2n) is 2.73. The van der Waals surface area contributed by atoms with Crippen molar-refractivity contribution in [3.05, 3.63) is 0 Å². The van der Waals surface area contributed by atoms with Gasteiger partial charge < -0.3 is 20.6 Å². The maximum Gasteiger partial charge on any atom is 0.0989 e. The van der Waals surface area contributed by atoms with Gasteiger partial charge in [0.1, 0.15) is 0 Å². The molecule has 4 atom stereocenters. The fraction of sp³-hybridized carbons (Fsp3) is 1.00. The van der Waals surface area contributed by atoms with Gasteiger partial charge in [0, 0.05) is 6.04 Å². The third-order valence-electron chi connectivity index (χ3n) is 1.95. The van der Waals surface area contributed by atoms with Gasteiger partial charge in [-0.1, -0.05) is 0 Å². The Kier molecular flexibility index (Phi) is 2.25.